The minimum Gasteiger partial charge on any atom is -0.326 e. The number of benzene rings is 1. The van der Waals surface area contributed by atoms with Gasteiger partial charge in [0.1, 0.15) is 6.04 Å². The lowest BCUT2D eigenvalue weighted by atomic mass is 10.1. The largest absolute Gasteiger partial charge is 0.326 e. The van der Waals surface area contributed by atoms with Crippen LogP contribution in [0.1, 0.15) is 32.3 Å². The molecule has 0 bridgehead atoms. The van der Waals surface area contributed by atoms with Crippen molar-refractivity contribution < 1.29 is 9.59 Å². The molecular formula is C16H22N2O2S. The van der Waals surface area contributed by atoms with Crippen LogP contribution >= 0.6 is 11.8 Å². The molecule has 0 saturated heterocycles. The number of rotatable bonds is 5. The van der Waals surface area contributed by atoms with Gasteiger partial charge in [-0.05, 0) is 30.7 Å². The molecule has 0 aromatic heterocycles. The summed E-state index contributed by atoms with van der Waals surface area (Å²) >= 11 is 1.65. The topological polar surface area (TPSA) is 49.4 Å². The van der Waals surface area contributed by atoms with Crippen molar-refractivity contribution in [3.8, 4) is 0 Å². The van der Waals surface area contributed by atoms with Crippen molar-refractivity contribution in [3.63, 3.8) is 0 Å². The fourth-order valence-electron chi connectivity index (χ4n) is 2.27. The van der Waals surface area contributed by atoms with E-state index in [1.54, 1.807) is 23.6 Å². The number of amides is 2. The number of carbonyl (C=O) groups is 2. The SMILES string of the molecule is CCCCSCC(=O)N1Cc2ccccc2NC(=O)C1C. The summed E-state index contributed by atoms with van der Waals surface area (Å²) < 4.78 is 0. The molecule has 1 aromatic carbocycles. The highest BCUT2D eigenvalue weighted by molar-refractivity contribution is 7.99. The van der Waals surface area contributed by atoms with E-state index in [2.05, 4.69) is 12.2 Å². The molecule has 1 N–H and O–H groups in total. The second-order valence-electron chi connectivity index (χ2n) is 5.25. The van der Waals surface area contributed by atoms with E-state index in [0.717, 1.165) is 29.8 Å². The Hall–Kier alpha value is -1.49. The van der Waals surface area contributed by atoms with Crippen LogP contribution in [0.2, 0.25) is 0 Å². The van der Waals surface area contributed by atoms with E-state index in [1.165, 1.54) is 0 Å². The van der Waals surface area contributed by atoms with Gasteiger partial charge in [-0.3, -0.25) is 9.59 Å². The second kappa shape index (κ2) is 7.50. The number of fused-ring (bicyclic) bond motifs is 1. The number of hydrogen-bond acceptors (Lipinski definition) is 3. The number of unbranched alkanes of at least 4 members (excludes halogenated alkanes) is 1. The Labute approximate surface area is 130 Å². The molecule has 1 atom stereocenters. The van der Waals surface area contributed by atoms with Crippen LogP contribution in [0.3, 0.4) is 0 Å². The molecular weight excluding hydrogens is 284 g/mol. The third-order valence-electron chi connectivity index (χ3n) is 3.65. The fourth-order valence-corrected chi connectivity index (χ4v) is 3.25. The van der Waals surface area contributed by atoms with E-state index in [9.17, 15) is 9.59 Å². The van der Waals surface area contributed by atoms with Gasteiger partial charge < -0.3 is 10.2 Å². The molecule has 1 aromatic rings. The Morgan fingerprint density at radius 1 is 1.43 bits per heavy atom. The van der Waals surface area contributed by atoms with Gasteiger partial charge in [-0.1, -0.05) is 31.5 Å². The van der Waals surface area contributed by atoms with Crippen molar-refractivity contribution in [1.82, 2.24) is 4.90 Å². The molecule has 0 radical (unpaired) electrons. The summed E-state index contributed by atoms with van der Waals surface area (Å²) in [5, 5.41) is 2.89. The lowest BCUT2D eigenvalue weighted by Gasteiger charge is -2.25. The fraction of sp³-hybridized carbons (Fsp3) is 0.500. The van der Waals surface area contributed by atoms with Gasteiger partial charge in [0.15, 0.2) is 0 Å². The summed E-state index contributed by atoms with van der Waals surface area (Å²) in [5.41, 5.74) is 1.80. The second-order valence-corrected chi connectivity index (χ2v) is 6.36. The molecule has 4 nitrogen and oxygen atoms in total. The zero-order valence-electron chi connectivity index (χ0n) is 12.6. The summed E-state index contributed by atoms with van der Waals surface area (Å²) in [6.45, 7) is 4.42. The first-order valence-corrected chi connectivity index (χ1v) is 8.55. The molecule has 1 unspecified atom stereocenters. The molecule has 114 valence electrons. The first-order chi connectivity index (χ1) is 10.1. The van der Waals surface area contributed by atoms with Gasteiger partial charge in [0.25, 0.3) is 0 Å². The van der Waals surface area contributed by atoms with Crippen molar-refractivity contribution in [3.05, 3.63) is 29.8 Å². The Kier molecular flexibility index (Phi) is 5.67. The lowest BCUT2D eigenvalue weighted by Crippen LogP contribution is -2.44. The third-order valence-corrected chi connectivity index (χ3v) is 4.68. The van der Waals surface area contributed by atoms with Gasteiger partial charge in [-0.15, -0.1) is 0 Å². The standard InChI is InChI=1S/C16H22N2O2S/c1-3-4-9-21-11-15(19)18-10-13-7-5-6-8-14(13)17-16(20)12(18)2/h5-8,12H,3-4,9-11H2,1-2H3,(H,17,20). The van der Waals surface area contributed by atoms with Crippen LogP contribution in [0.5, 0.6) is 0 Å². The average Bonchev–Trinajstić information content (AvgIpc) is 2.61. The summed E-state index contributed by atoms with van der Waals surface area (Å²) in [6.07, 6.45) is 2.26. The van der Waals surface area contributed by atoms with Crippen molar-refractivity contribution in [2.45, 2.75) is 39.3 Å². The zero-order chi connectivity index (χ0) is 15.2. The molecule has 0 spiro atoms. The highest BCUT2D eigenvalue weighted by atomic mass is 32.2. The number of hydrogen-bond donors (Lipinski definition) is 1. The molecule has 5 heteroatoms. The minimum absolute atomic E-state index is 0.0375. The maximum Gasteiger partial charge on any atom is 0.246 e. The summed E-state index contributed by atoms with van der Waals surface area (Å²) in [6, 6.07) is 7.22. The quantitative estimate of drug-likeness (QED) is 0.851. The number of nitrogens with zero attached hydrogens (tertiary/aromatic N) is 1. The maximum absolute atomic E-state index is 12.4. The van der Waals surface area contributed by atoms with Gasteiger partial charge in [-0.25, -0.2) is 0 Å². The van der Waals surface area contributed by atoms with E-state index in [0.29, 0.717) is 12.3 Å². The van der Waals surface area contributed by atoms with E-state index < -0.39 is 6.04 Å². The van der Waals surface area contributed by atoms with Crippen LogP contribution in [-0.4, -0.2) is 34.3 Å². The molecule has 0 aliphatic carbocycles. The number of nitrogens with one attached hydrogen (secondary N) is 1. The summed E-state index contributed by atoms with van der Waals surface area (Å²) in [7, 11) is 0. The van der Waals surface area contributed by atoms with Crippen molar-refractivity contribution >= 4 is 29.3 Å². The zero-order valence-corrected chi connectivity index (χ0v) is 13.4. The van der Waals surface area contributed by atoms with Crippen LogP contribution in [0.25, 0.3) is 0 Å². The number of para-hydroxylation sites is 1. The van der Waals surface area contributed by atoms with E-state index in [4.69, 9.17) is 0 Å². The number of carbonyl (C=O) groups excluding carboxylic acids is 2. The predicted molar refractivity (Wildman–Crippen MR) is 87.3 cm³/mol. The highest BCUT2D eigenvalue weighted by Crippen LogP contribution is 2.23. The number of thioether (sulfide) groups is 1. The summed E-state index contributed by atoms with van der Waals surface area (Å²) in [5.74, 6) is 1.36. The third kappa shape index (κ3) is 4.00. The Morgan fingerprint density at radius 2 is 2.19 bits per heavy atom. The van der Waals surface area contributed by atoms with Gasteiger partial charge >= 0.3 is 0 Å². The first kappa shape index (κ1) is 15.9. The van der Waals surface area contributed by atoms with Crippen LogP contribution in [0.4, 0.5) is 5.69 Å². The monoisotopic (exact) mass is 306 g/mol. The molecule has 1 aliphatic heterocycles. The summed E-state index contributed by atoms with van der Waals surface area (Å²) in [4.78, 5) is 26.2. The van der Waals surface area contributed by atoms with E-state index in [-0.39, 0.29) is 11.8 Å². The first-order valence-electron chi connectivity index (χ1n) is 7.39. The van der Waals surface area contributed by atoms with Gasteiger partial charge in [0.05, 0.1) is 5.75 Å². The van der Waals surface area contributed by atoms with Gasteiger partial charge in [-0.2, -0.15) is 11.8 Å². The van der Waals surface area contributed by atoms with Crippen LogP contribution < -0.4 is 5.32 Å². The van der Waals surface area contributed by atoms with E-state index >= 15 is 0 Å². The van der Waals surface area contributed by atoms with Gasteiger partial charge in [0.2, 0.25) is 11.8 Å². The van der Waals surface area contributed by atoms with Crippen LogP contribution in [0.15, 0.2) is 24.3 Å². The Bertz CT molecular complexity index is 519. The number of anilines is 1. The Balaban J connectivity index is 2.07. The lowest BCUT2D eigenvalue weighted by molar-refractivity contribution is -0.136. The molecule has 1 aliphatic rings. The van der Waals surface area contributed by atoms with Crippen LogP contribution in [0, 0.1) is 0 Å². The highest BCUT2D eigenvalue weighted by Gasteiger charge is 2.29. The molecule has 0 saturated carbocycles. The van der Waals surface area contributed by atoms with Gasteiger partial charge in [0, 0.05) is 12.2 Å². The van der Waals surface area contributed by atoms with Crippen molar-refractivity contribution in [2.24, 2.45) is 0 Å². The Morgan fingerprint density at radius 3 is 2.95 bits per heavy atom. The molecule has 21 heavy (non-hydrogen) atoms. The van der Waals surface area contributed by atoms with E-state index in [1.807, 2.05) is 24.3 Å². The maximum atomic E-state index is 12.4. The van der Waals surface area contributed by atoms with Crippen LogP contribution in [-0.2, 0) is 16.1 Å². The van der Waals surface area contributed by atoms with Crippen molar-refractivity contribution in [1.29, 1.82) is 0 Å². The molecule has 0 fully saturated rings. The van der Waals surface area contributed by atoms with Crippen molar-refractivity contribution in [2.75, 3.05) is 16.8 Å². The normalized spacial score (nSPS) is 17.9. The molecule has 2 rings (SSSR count). The smallest absolute Gasteiger partial charge is 0.246 e. The predicted octanol–water partition coefficient (Wildman–Crippen LogP) is 2.89. The average molecular weight is 306 g/mol. The molecule has 2 amide bonds. The molecule has 1 heterocycles. The minimum atomic E-state index is -0.434.